The van der Waals surface area contributed by atoms with Gasteiger partial charge in [-0.25, -0.2) is 8.42 Å². The van der Waals surface area contributed by atoms with E-state index in [2.05, 4.69) is 5.32 Å². The Hall–Kier alpha value is -2.43. The lowest BCUT2D eigenvalue weighted by Crippen LogP contribution is -2.43. The predicted octanol–water partition coefficient (Wildman–Crippen LogP) is 2.56. The molecule has 1 atom stereocenters. The summed E-state index contributed by atoms with van der Waals surface area (Å²) in [6.07, 6.45) is 1.27. The van der Waals surface area contributed by atoms with Gasteiger partial charge in [-0.1, -0.05) is 0 Å². The number of nitrogens with zero attached hydrogens (tertiary/aromatic N) is 2. The van der Waals surface area contributed by atoms with E-state index in [0.29, 0.717) is 35.0 Å². The van der Waals surface area contributed by atoms with Gasteiger partial charge in [0.1, 0.15) is 9.96 Å². The van der Waals surface area contributed by atoms with Gasteiger partial charge in [0.2, 0.25) is 5.91 Å². The summed E-state index contributed by atoms with van der Waals surface area (Å²) in [6.45, 7) is 2.39. The van der Waals surface area contributed by atoms with Gasteiger partial charge in [0.05, 0.1) is 5.92 Å². The number of nitrogens with one attached hydrogen (secondary N) is 1. The van der Waals surface area contributed by atoms with Gasteiger partial charge in [-0.3, -0.25) is 9.59 Å². The molecule has 1 aromatic carbocycles. The quantitative estimate of drug-likeness (QED) is 0.678. The maximum absolute atomic E-state index is 12.9. The van der Waals surface area contributed by atoms with Crippen LogP contribution in [0.15, 0.2) is 40.6 Å². The molecule has 0 aliphatic carbocycles. The van der Waals surface area contributed by atoms with Gasteiger partial charge < -0.3 is 15.0 Å². The molecular weight excluding hydrogens is 438 g/mol. The molecule has 1 fully saturated rings. The molecule has 0 spiro atoms. The van der Waals surface area contributed by atoms with Gasteiger partial charge in [0, 0.05) is 37.7 Å². The van der Waals surface area contributed by atoms with E-state index >= 15 is 0 Å². The normalized spacial score (nSPS) is 17.2. The lowest BCUT2D eigenvalue weighted by Gasteiger charge is -2.30. The molecule has 1 saturated heterocycles. The molecule has 1 unspecified atom stereocenters. The summed E-state index contributed by atoms with van der Waals surface area (Å²) in [5, 5.41) is 2.85. The van der Waals surface area contributed by atoms with E-state index in [-0.39, 0.29) is 25.0 Å². The summed E-state index contributed by atoms with van der Waals surface area (Å²) in [6, 6.07) is 10.1. The van der Waals surface area contributed by atoms with Crippen LogP contribution >= 0.6 is 11.3 Å². The second-order valence-electron chi connectivity index (χ2n) is 7.66. The van der Waals surface area contributed by atoms with Crippen LogP contribution in [0.2, 0.25) is 0 Å². The number of anilines is 1. The largest absolute Gasteiger partial charge is 0.484 e. The molecule has 1 N–H and O–H groups in total. The number of rotatable bonds is 7. The third-order valence-corrected chi connectivity index (χ3v) is 8.38. The maximum atomic E-state index is 12.9. The van der Waals surface area contributed by atoms with Crippen molar-refractivity contribution in [3.8, 4) is 5.75 Å². The zero-order valence-electron chi connectivity index (χ0n) is 17.8. The molecule has 0 saturated carbocycles. The summed E-state index contributed by atoms with van der Waals surface area (Å²) in [5.74, 6) is -0.252. The van der Waals surface area contributed by atoms with Gasteiger partial charge in [-0.15, -0.1) is 11.3 Å². The number of aryl methyl sites for hydroxylation is 1. The summed E-state index contributed by atoms with van der Waals surface area (Å²) in [5.41, 5.74) is 0.588. The molecule has 0 radical (unpaired) electrons. The summed E-state index contributed by atoms with van der Waals surface area (Å²) < 4.78 is 32.9. The third kappa shape index (κ3) is 5.84. The zero-order valence-corrected chi connectivity index (χ0v) is 19.5. The van der Waals surface area contributed by atoms with Gasteiger partial charge >= 0.3 is 0 Å². The fraction of sp³-hybridized carbons (Fsp3) is 0.429. The van der Waals surface area contributed by atoms with Crippen molar-refractivity contribution >= 4 is 38.9 Å². The number of sulfonamides is 1. The molecule has 3 rings (SSSR count). The van der Waals surface area contributed by atoms with Crippen molar-refractivity contribution in [2.45, 2.75) is 24.0 Å². The molecular formula is C21H27N3O5S2. The highest BCUT2D eigenvalue weighted by Gasteiger charge is 2.34. The number of amides is 2. The second-order valence-corrected chi connectivity index (χ2v) is 11.1. The van der Waals surface area contributed by atoms with Gasteiger partial charge in [-0.2, -0.15) is 4.31 Å². The average Bonchev–Trinajstić information content (AvgIpc) is 3.20. The number of likely N-dealkylation sites (N-methyl/N-ethyl adjacent to an activating group) is 1. The second kappa shape index (κ2) is 9.80. The van der Waals surface area contributed by atoms with Crippen LogP contribution in [0.3, 0.4) is 0 Å². The Labute approximate surface area is 186 Å². The Morgan fingerprint density at radius 1 is 1.19 bits per heavy atom. The topological polar surface area (TPSA) is 96.0 Å². The van der Waals surface area contributed by atoms with Gasteiger partial charge in [0.25, 0.3) is 15.9 Å². The van der Waals surface area contributed by atoms with Crippen LogP contribution in [0.25, 0.3) is 0 Å². The molecule has 10 heteroatoms. The number of ether oxygens (including phenoxy) is 1. The average molecular weight is 466 g/mol. The van der Waals surface area contributed by atoms with Crippen LogP contribution in [0, 0.1) is 12.8 Å². The van der Waals surface area contributed by atoms with Gasteiger partial charge in [0.15, 0.2) is 6.61 Å². The smallest absolute Gasteiger partial charge is 0.259 e. The lowest BCUT2D eigenvalue weighted by molar-refractivity contribution is -0.130. The van der Waals surface area contributed by atoms with Gasteiger partial charge in [-0.05, 0) is 56.2 Å². The number of hydrogen-bond donors (Lipinski definition) is 1. The molecule has 2 heterocycles. The van der Waals surface area contributed by atoms with Crippen molar-refractivity contribution in [1.82, 2.24) is 9.21 Å². The number of benzene rings is 1. The first-order valence-electron chi connectivity index (χ1n) is 9.97. The Balaban J connectivity index is 1.58. The first-order chi connectivity index (χ1) is 14.7. The Morgan fingerprint density at radius 3 is 2.52 bits per heavy atom. The predicted molar refractivity (Wildman–Crippen MR) is 120 cm³/mol. The van der Waals surface area contributed by atoms with Crippen LogP contribution in [-0.4, -0.2) is 63.2 Å². The van der Waals surface area contributed by atoms with E-state index in [1.807, 2.05) is 6.92 Å². The summed E-state index contributed by atoms with van der Waals surface area (Å²) in [4.78, 5) is 26.7. The van der Waals surface area contributed by atoms with Crippen LogP contribution in [0.5, 0.6) is 5.75 Å². The molecule has 1 aliphatic heterocycles. The van der Waals surface area contributed by atoms with Crippen molar-refractivity contribution in [1.29, 1.82) is 0 Å². The minimum Gasteiger partial charge on any atom is -0.484 e. The molecule has 168 valence electrons. The van der Waals surface area contributed by atoms with Crippen LogP contribution in [0.4, 0.5) is 5.69 Å². The highest BCUT2D eigenvalue weighted by Crippen LogP contribution is 2.28. The highest BCUT2D eigenvalue weighted by molar-refractivity contribution is 7.91. The first kappa shape index (κ1) is 23.2. The van der Waals surface area contributed by atoms with Crippen molar-refractivity contribution in [2.24, 2.45) is 5.92 Å². The SMILES string of the molecule is Cc1ccc(S(=O)(=O)N2CCCC(C(=O)Nc3ccc(OCC(=O)N(C)C)cc3)C2)s1. The summed E-state index contributed by atoms with van der Waals surface area (Å²) in [7, 11) is -0.269. The number of hydrogen-bond acceptors (Lipinski definition) is 6. The maximum Gasteiger partial charge on any atom is 0.259 e. The summed E-state index contributed by atoms with van der Waals surface area (Å²) >= 11 is 1.24. The van der Waals surface area contributed by atoms with Crippen molar-refractivity contribution in [3.63, 3.8) is 0 Å². The minimum absolute atomic E-state index is 0.0607. The number of piperidine rings is 1. The van der Waals surface area contributed by atoms with Crippen LogP contribution in [-0.2, 0) is 19.6 Å². The number of thiophene rings is 1. The fourth-order valence-electron chi connectivity index (χ4n) is 3.21. The third-order valence-electron chi connectivity index (χ3n) is 5.05. The van der Waals surface area contributed by atoms with Crippen molar-refractivity contribution in [2.75, 3.05) is 39.1 Å². The minimum atomic E-state index is -3.58. The monoisotopic (exact) mass is 465 g/mol. The van der Waals surface area contributed by atoms with E-state index in [1.165, 1.54) is 20.5 Å². The Kier molecular flexibility index (Phi) is 7.34. The van der Waals surface area contributed by atoms with Crippen molar-refractivity contribution < 1.29 is 22.7 Å². The molecule has 1 aliphatic rings. The standard InChI is InChI=1S/C21H27N3O5S2/c1-15-6-11-20(30-15)31(27,28)24-12-4-5-16(13-24)21(26)22-17-7-9-18(10-8-17)29-14-19(25)23(2)3/h6-11,16H,4-5,12-14H2,1-3H3,(H,22,26). The number of carbonyl (C=O) groups is 2. The van der Waals surface area contributed by atoms with E-state index in [9.17, 15) is 18.0 Å². The van der Waals surface area contributed by atoms with Crippen molar-refractivity contribution in [3.05, 3.63) is 41.3 Å². The molecule has 8 nitrogen and oxygen atoms in total. The van der Waals surface area contributed by atoms with Crippen LogP contribution in [0.1, 0.15) is 17.7 Å². The Morgan fingerprint density at radius 2 is 1.90 bits per heavy atom. The Bertz CT molecular complexity index is 1030. The molecule has 2 amide bonds. The highest BCUT2D eigenvalue weighted by atomic mass is 32.2. The molecule has 31 heavy (non-hydrogen) atoms. The first-order valence-corrected chi connectivity index (χ1v) is 12.2. The van der Waals surface area contributed by atoms with E-state index in [0.717, 1.165) is 4.88 Å². The fourth-order valence-corrected chi connectivity index (χ4v) is 6.17. The van der Waals surface area contributed by atoms with E-state index in [1.54, 1.807) is 50.5 Å². The lowest BCUT2D eigenvalue weighted by atomic mass is 9.99. The molecule has 0 bridgehead atoms. The molecule has 1 aromatic heterocycles. The molecule has 2 aromatic rings. The van der Waals surface area contributed by atoms with Crippen LogP contribution < -0.4 is 10.1 Å². The zero-order chi connectivity index (χ0) is 22.6. The number of carbonyl (C=O) groups excluding carboxylic acids is 2. The van der Waals surface area contributed by atoms with E-state index in [4.69, 9.17) is 4.74 Å². The van der Waals surface area contributed by atoms with E-state index < -0.39 is 15.9 Å².